The van der Waals surface area contributed by atoms with Crippen LogP contribution in [-0.2, 0) is 13.0 Å². The molecule has 0 bridgehead atoms. The van der Waals surface area contributed by atoms with Gasteiger partial charge in [-0.05, 0) is 29.7 Å². The zero-order valence-corrected chi connectivity index (χ0v) is 12.1. The summed E-state index contributed by atoms with van der Waals surface area (Å²) in [5.74, 6) is 0.585. The number of nitrogens with one attached hydrogen (secondary N) is 1. The van der Waals surface area contributed by atoms with Crippen LogP contribution in [-0.4, -0.2) is 30.0 Å². The Kier molecular flexibility index (Phi) is 5.60. The minimum atomic E-state index is -0.00722. The number of phenolic OH excluding ortho intramolecular Hbond substituents is 1. The summed E-state index contributed by atoms with van der Waals surface area (Å²) >= 11 is 0. The van der Waals surface area contributed by atoms with E-state index >= 15 is 0 Å². The van der Waals surface area contributed by atoms with Crippen LogP contribution in [0.1, 0.15) is 11.1 Å². The highest BCUT2D eigenvalue weighted by Crippen LogP contribution is 2.26. The number of aliphatic hydroxyl groups excluding tert-OH is 1. The van der Waals surface area contributed by atoms with E-state index in [9.17, 15) is 10.2 Å². The van der Waals surface area contributed by atoms with Gasteiger partial charge >= 0.3 is 0 Å². The molecule has 0 radical (unpaired) electrons. The Morgan fingerprint density at radius 3 is 2.52 bits per heavy atom. The Morgan fingerprint density at radius 2 is 1.86 bits per heavy atom. The van der Waals surface area contributed by atoms with Crippen molar-refractivity contribution < 1.29 is 14.9 Å². The molecule has 2 rings (SSSR count). The van der Waals surface area contributed by atoms with Gasteiger partial charge in [-0.15, -0.1) is 0 Å². The highest BCUT2D eigenvalue weighted by atomic mass is 16.5. The average Bonchev–Trinajstić information content (AvgIpc) is 2.53. The molecule has 0 saturated carbocycles. The van der Waals surface area contributed by atoms with Gasteiger partial charge in [-0.25, -0.2) is 0 Å². The van der Waals surface area contributed by atoms with Gasteiger partial charge in [0.2, 0.25) is 0 Å². The Morgan fingerprint density at radius 1 is 1.10 bits per heavy atom. The van der Waals surface area contributed by atoms with Crippen LogP contribution in [0.15, 0.2) is 48.5 Å². The summed E-state index contributed by atoms with van der Waals surface area (Å²) in [6.45, 7) is 0.679. The van der Waals surface area contributed by atoms with E-state index in [1.807, 2.05) is 36.4 Å². The van der Waals surface area contributed by atoms with Crippen molar-refractivity contribution in [1.82, 2.24) is 5.32 Å². The van der Waals surface area contributed by atoms with E-state index in [0.29, 0.717) is 12.3 Å². The standard InChI is InChI=1S/C17H21NO3/c1-21-17-10-14(7-8-16(17)20)11-18-15(12-19)9-13-5-3-2-4-6-13/h2-8,10,15,18-20H,9,11-12H2,1H3/t15-/m0/s1. The first kappa shape index (κ1) is 15.4. The van der Waals surface area contributed by atoms with Crippen LogP contribution in [0.3, 0.4) is 0 Å². The summed E-state index contributed by atoms with van der Waals surface area (Å²) in [4.78, 5) is 0. The molecule has 4 nitrogen and oxygen atoms in total. The monoisotopic (exact) mass is 287 g/mol. The number of phenols is 1. The molecular weight excluding hydrogens is 266 g/mol. The molecule has 0 aliphatic rings. The van der Waals surface area contributed by atoms with Gasteiger partial charge in [0, 0.05) is 12.6 Å². The second-order valence-corrected chi connectivity index (χ2v) is 4.96. The third-order valence-electron chi connectivity index (χ3n) is 3.38. The van der Waals surface area contributed by atoms with Crippen molar-refractivity contribution in [3.8, 4) is 11.5 Å². The molecule has 2 aromatic carbocycles. The van der Waals surface area contributed by atoms with Gasteiger partial charge in [0.25, 0.3) is 0 Å². The lowest BCUT2D eigenvalue weighted by Gasteiger charge is -2.17. The molecule has 0 spiro atoms. The van der Waals surface area contributed by atoms with Crippen LogP contribution in [0.25, 0.3) is 0 Å². The second-order valence-electron chi connectivity index (χ2n) is 4.96. The molecule has 0 heterocycles. The zero-order valence-electron chi connectivity index (χ0n) is 12.1. The predicted octanol–water partition coefficient (Wildman–Crippen LogP) is 2.09. The van der Waals surface area contributed by atoms with E-state index in [0.717, 1.165) is 12.0 Å². The van der Waals surface area contributed by atoms with E-state index < -0.39 is 0 Å². The van der Waals surface area contributed by atoms with Gasteiger partial charge in [0.1, 0.15) is 0 Å². The Balaban J connectivity index is 1.94. The van der Waals surface area contributed by atoms with Gasteiger partial charge in [-0.3, -0.25) is 0 Å². The molecule has 0 aliphatic heterocycles. The zero-order chi connectivity index (χ0) is 15.1. The summed E-state index contributed by atoms with van der Waals surface area (Å²) < 4.78 is 5.09. The molecular formula is C17H21NO3. The molecule has 2 aromatic rings. The van der Waals surface area contributed by atoms with Crippen molar-refractivity contribution in [2.24, 2.45) is 0 Å². The number of aromatic hydroxyl groups is 1. The molecule has 0 amide bonds. The summed E-state index contributed by atoms with van der Waals surface area (Å²) in [6.07, 6.45) is 0.770. The normalized spacial score (nSPS) is 12.1. The SMILES string of the molecule is COc1cc(CN[C@H](CO)Cc2ccccc2)ccc1O. The van der Waals surface area contributed by atoms with Gasteiger partial charge in [-0.2, -0.15) is 0 Å². The molecule has 21 heavy (non-hydrogen) atoms. The number of ether oxygens (including phenoxy) is 1. The lowest BCUT2D eigenvalue weighted by Crippen LogP contribution is -2.34. The fourth-order valence-corrected chi connectivity index (χ4v) is 2.19. The smallest absolute Gasteiger partial charge is 0.160 e. The summed E-state index contributed by atoms with van der Waals surface area (Å²) in [5.41, 5.74) is 2.18. The second kappa shape index (κ2) is 7.67. The van der Waals surface area contributed by atoms with Crippen LogP contribution < -0.4 is 10.1 Å². The molecule has 112 valence electrons. The first-order valence-electron chi connectivity index (χ1n) is 6.97. The molecule has 4 heteroatoms. The maximum atomic E-state index is 9.57. The van der Waals surface area contributed by atoms with Crippen molar-refractivity contribution >= 4 is 0 Å². The number of hydrogen-bond donors (Lipinski definition) is 3. The first-order chi connectivity index (χ1) is 10.2. The van der Waals surface area contributed by atoms with E-state index in [4.69, 9.17) is 4.74 Å². The number of hydrogen-bond acceptors (Lipinski definition) is 4. The largest absolute Gasteiger partial charge is 0.504 e. The van der Waals surface area contributed by atoms with Gasteiger partial charge < -0.3 is 20.3 Å². The van der Waals surface area contributed by atoms with Crippen LogP contribution in [0.2, 0.25) is 0 Å². The van der Waals surface area contributed by atoms with E-state index in [1.54, 1.807) is 12.1 Å². The maximum absolute atomic E-state index is 9.57. The van der Waals surface area contributed by atoms with Crippen LogP contribution in [0.5, 0.6) is 11.5 Å². The van der Waals surface area contributed by atoms with Crippen LogP contribution in [0.4, 0.5) is 0 Å². The Hall–Kier alpha value is -2.04. The molecule has 3 N–H and O–H groups in total. The minimum Gasteiger partial charge on any atom is -0.504 e. The van der Waals surface area contributed by atoms with E-state index in [1.165, 1.54) is 12.7 Å². The van der Waals surface area contributed by atoms with E-state index in [-0.39, 0.29) is 18.4 Å². The lowest BCUT2D eigenvalue weighted by atomic mass is 10.1. The van der Waals surface area contributed by atoms with Crippen molar-refractivity contribution in [3.63, 3.8) is 0 Å². The van der Waals surface area contributed by atoms with Crippen molar-refractivity contribution in [2.75, 3.05) is 13.7 Å². The summed E-state index contributed by atoms with van der Waals surface area (Å²) in [7, 11) is 1.53. The summed E-state index contributed by atoms with van der Waals surface area (Å²) in [5, 5.41) is 22.4. The number of aliphatic hydroxyl groups is 1. The predicted molar refractivity (Wildman–Crippen MR) is 82.5 cm³/mol. The topological polar surface area (TPSA) is 61.7 Å². The van der Waals surface area contributed by atoms with Crippen molar-refractivity contribution in [1.29, 1.82) is 0 Å². The van der Waals surface area contributed by atoms with E-state index in [2.05, 4.69) is 5.32 Å². The molecule has 0 aliphatic carbocycles. The Bertz CT molecular complexity index is 557. The number of methoxy groups -OCH3 is 1. The third-order valence-corrected chi connectivity index (χ3v) is 3.38. The molecule has 0 saturated heterocycles. The fourth-order valence-electron chi connectivity index (χ4n) is 2.19. The summed E-state index contributed by atoms with van der Waals surface area (Å²) in [6, 6.07) is 15.3. The van der Waals surface area contributed by atoms with Crippen molar-refractivity contribution in [3.05, 3.63) is 59.7 Å². The molecule has 0 unspecified atom stereocenters. The molecule has 0 fully saturated rings. The number of benzene rings is 2. The van der Waals surface area contributed by atoms with Gasteiger partial charge in [0.05, 0.1) is 13.7 Å². The van der Waals surface area contributed by atoms with Gasteiger partial charge in [0.15, 0.2) is 11.5 Å². The average molecular weight is 287 g/mol. The highest BCUT2D eigenvalue weighted by molar-refractivity contribution is 5.41. The lowest BCUT2D eigenvalue weighted by molar-refractivity contribution is 0.240. The number of rotatable bonds is 7. The minimum absolute atomic E-state index is 0.00722. The highest BCUT2D eigenvalue weighted by Gasteiger charge is 2.09. The molecule has 1 atom stereocenters. The first-order valence-corrected chi connectivity index (χ1v) is 6.97. The maximum Gasteiger partial charge on any atom is 0.160 e. The van der Waals surface area contributed by atoms with Crippen LogP contribution >= 0.6 is 0 Å². The third kappa shape index (κ3) is 4.48. The van der Waals surface area contributed by atoms with Crippen LogP contribution in [0, 0.1) is 0 Å². The fraction of sp³-hybridized carbons (Fsp3) is 0.294. The molecule has 0 aromatic heterocycles. The van der Waals surface area contributed by atoms with Crippen molar-refractivity contribution in [2.45, 2.75) is 19.0 Å². The quantitative estimate of drug-likeness (QED) is 0.730. The van der Waals surface area contributed by atoms with Gasteiger partial charge in [-0.1, -0.05) is 36.4 Å². The Labute approximate surface area is 125 Å².